The van der Waals surface area contributed by atoms with E-state index in [1.165, 1.54) is 20.3 Å². The van der Waals surface area contributed by atoms with Gasteiger partial charge < -0.3 is 9.47 Å². The van der Waals surface area contributed by atoms with Crippen molar-refractivity contribution < 1.29 is 23.5 Å². The van der Waals surface area contributed by atoms with Crippen LogP contribution in [0.3, 0.4) is 0 Å². The molecule has 40 heavy (non-hydrogen) atoms. The molecule has 4 rings (SSSR count). The number of hydrogen-bond acceptors (Lipinski definition) is 6. The van der Waals surface area contributed by atoms with Gasteiger partial charge in [0.15, 0.2) is 5.82 Å². The quantitative estimate of drug-likeness (QED) is 0.228. The van der Waals surface area contributed by atoms with Crippen LogP contribution in [0.25, 0.3) is 21.9 Å². The maximum Gasteiger partial charge on any atom is 0.337 e. The molecule has 8 heteroatoms. The van der Waals surface area contributed by atoms with Gasteiger partial charge in [-0.2, -0.15) is 0 Å². The van der Waals surface area contributed by atoms with Gasteiger partial charge in [-0.3, -0.25) is 9.69 Å². The van der Waals surface area contributed by atoms with Gasteiger partial charge in [0.2, 0.25) is 11.8 Å². The number of methoxy groups -OCH3 is 2. The highest BCUT2D eigenvalue weighted by molar-refractivity contribution is 6.04. The van der Waals surface area contributed by atoms with Crippen LogP contribution in [0.15, 0.2) is 67.0 Å². The molecule has 210 valence electrons. The summed E-state index contributed by atoms with van der Waals surface area (Å²) in [5, 5.41) is 1.52. The van der Waals surface area contributed by atoms with E-state index in [2.05, 4.69) is 9.97 Å². The predicted octanol–water partition coefficient (Wildman–Crippen LogP) is 7.23. The normalized spacial score (nSPS) is 10.9. The fourth-order valence-electron chi connectivity index (χ4n) is 4.17. The Bertz CT molecular complexity index is 1480. The summed E-state index contributed by atoms with van der Waals surface area (Å²) in [6.07, 6.45) is 3.50. The zero-order valence-electron chi connectivity index (χ0n) is 24.1. The van der Waals surface area contributed by atoms with E-state index < -0.39 is 11.8 Å². The lowest BCUT2D eigenvalue weighted by Gasteiger charge is -2.27. The maximum atomic E-state index is 14.2. The number of anilines is 1. The van der Waals surface area contributed by atoms with Crippen molar-refractivity contribution >= 4 is 28.5 Å². The minimum atomic E-state index is -0.537. The highest BCUT2D eigenvalue weighted by Crippen LogP contribution is 2.30. The van der Waals surface area contributed by atoms with Crippen molar-refractivity contribution in [3.8, 4) is 17.0 Å². The smallest absolute Gasteiger partial charge is 0.337 e. The fourth-order valence-corrected chi connectivity index (χ4v) is 4.17. The number of esters is 1. The summed E-state index contributed by atoms with van der Waals surface area (Å²) in [6, 6.07) is 15.9. The molecule has 2 heterocycles. The highest BCUT2D eigenvalue weighted by atomic mass is 19.1. The molecule has 2 aromatic carbocycles. The summed E-state index contributed by atoms with van der Waals surface area (Å²) in [5.41, 5.74) is 2.47. The number of aromatic nitrogens is 2. The zero-order valence-corrected chi connectivity index (χ0v) is 24.1. The van der Waals surface area contributed by atoms with Gasteiger partial charge in [0.1, 0.15) is 5.82 Å². The molecular weight excluding hydrogens is 509 g/mol. The van der Waals surface area contributed by atoms with Crippen LogP contribution in [-0.4, -0.2) is 36.1 Å². The Balaban J connectivity index is 0.00000216. The molecule has 0 fully saturated rings. The third-order valence-corrected chi connectivity index (χ3v) is 6.03. The van der Waals surface area contributed by atoms with E-state index in [9.17, 15) is 14.0 Å². The van der Waals surface area contributed by atoms with Crippen molar-refractivity contribution in [1.82, 2.24) is 9.97 Å². The summed E-state index contributed by atoms with van der Waals surface area (Å²) in [5.74, 6) is -0.582. The average molecular weight is 546 g/mol. The number of benzene rings is 2. The zero-order chi connectivity index (χ0) is 29.4. The Labute approximate surface area is 235 Å². The number of rotatable bonds is 7. The molecule has 0 bridgehead atoms. The molecule has 7 nitrogen and oxygen atoms in total. The molecule has 0 aliphatic carbocycles. The van der Waals surface area contributed by atoms with Gasteiger partial charge in [-0.1, -0.05) is 58.9 Å². The number of carbonyl (C=O) groups excluding carboxylic acids is 2. The molecule has 0 aliphatic rings. The SMILES string of the molecule is CC.COC(=O)c1ccc2c(N(Cc3ccc(-c4cnc(OC)c(F)c4)cc3)C(=O)CC(C)(C)C)nccc2c1. The molecule has 0 unspecified atom stereocenters. The highest BCUT2D eigenvalue weighted by Gasteiger charge is 2.25. The Kier molecular flexibility index (Phi) is 9.93. The Morgan fingerprint density at radius 2 is 1.62 bits per heavy atom. The Morgan fingerprint density at radius 3 is 2.23 bits per heavy atom. The van der Waals surface area contributed by atoms with Crippen LogP contribution >= 0.6 is 0 Å². The molecular formula is C32H36FN3O4. The van der Waals surface area contributed by atoms with Gasteiger partial charge in [0.05, 0.1) is 26.3 Å². The van der Waals surface area contributed by atoms with E-state index in [-0.39, 0.29) is 23.7 Å². The number of halogens is 1. The van der Waals surface area contributed by atoms with E-state index in [0.29, 0.717) is 23.4 Å². The largest absolute Gasteiger partial charge is 0.479 e. The monoisotopic (exact) mass is 545 g/mol. The molecule has 4 aromatic rings. The van der Waals surface area contributed by atoms with Crippen LogP contribution in [0.5, 0.6) is 5.88 Å². The number of fused-ring (bicyclic) bond motifs is 1. The van der Waals surface area contributed by atoms with E-state index in [1.54, 1.807) is 41.6 Å². The molecule has 0 saturated heterocycles. The minimum Gasteiger partial charge on any atom is -0.479 e. The van der Waals surface area contributed by atoms with Crippen molar-refractivity contribution in [3.63, 3.8) is 0 Å². The number of hydrogen-bond donors (Lipinski definition) is 0. The summed E-state index contributed by atoms with van der Waals surface area (Å²) >= 11 is 0. The number of pyridine rings is 2. The lowest BCUT2D eigenvalue weighted by Crippen LogP contribution is -2.34. The molecule has 0 aliphatic heterocycles. The van der Waals surface area contributed by atoms with Crippen molar-refractivity contribution in [2.75, 3.05) is 19.1 Å². The first-order valence-electron chi connectivity index (χ1n) is 13.2. The first-order chi connectivity index (χ1) is 19.1. The summed E-state index contributed by atoms with van der Waals surface area (Å²) in [6.45, 7) is 10.3. The third kappa shape index (κ3) is 7.20. The van der Waals surface area contributed by atoms with Crippen LogP contribution in [0.1, 0.15) is 57.0 Å². The topological polar surface area (TPSA) is 81.6 Å². The van der Waals surface area contributed by atoms with E-state index in [1.807, 2.05) is 58.9 Å². The van der Waals surface area contributed by atoms with E-state index >= 15 is 0 Å². The van der Waals surface area contributed by atoms with Gasteiger partial charge in [-0.15, -0.1) is 0 Å². The molecule has 0 atom stereocenters. The molecule has 0 spiro atoms. The number of amides is 1. The second-order valence-corrected chi connectivity index (χ2v) is 10.2. The van der Waals surface area contributed by atoms with Gasteiger partial charge in [0, 0.05) is 29.8 Å². The van der Waals surface area contributed by atoms with Gasteiger partial charge >= 0.3 is 5.97 Å². The fraction of sp³-hybridized carbons (Fsp3) is 0.312. The van der Waals surface area contributed by atoms with Crippen molar-refractivity contribution in [3.05, 3.63) is 83.9 Å². The molecule has 0 saturated carbocycles. The van der Waals surface area contributed by atoms with Gasteiger partial charge in [-0.05, 0) is 52.3 Å². The number of carbonyl (C=O) groups is 2. The van der Waals surface area contributed by atoms with E-state index in [0.717, 1.165) is 21.9 Å². The first kappa shape index (κ1) is 30.2. The molecule has 0 radical (unpaired) electrons. The lowest BCUT2D eigenvalue weighted by atomic mass is 9.91. The van der Waals surface area contributed by atoms with Crippen molar-refractivity contribution in [2.45, 2.75) is 47.6 Å². The predicted molar refractivity (Wildman–Crippen MR) is 156 cm³/mol. The second-order valence-electron chi connectivity index (χ2n) is 10.2. The van der Waals surface area contributed by atoms with Gasteiger partial charge in [-0.25, -0.2) is 19.2 Å². The maximum absolute atomic E-state index is 14.2. The lowest BCUT2D eigenvalue weighted by molar-refractivity contribution is -0.120. The molecule has 0 N–H and O–H groups in total. The third-order valence-electron chi connectivity index (χ3n) is 6.03. The first-order valence-corrected chi connectivity index (χ1v) is 13.2. The number of ether oxygens (including phenoxy) is 2. The summed E-state index contributed by atoms with van der Waals surface area (Å²) < 4.78 is 23.9. The van der Waals surface area contributed by atoms with E-state index in [4.69, 9.17) is 9.47 Å². The Hall–Kier alpha value is -4.33. The molecule has 2 aromatic heterocycles. The van der Waals surface area contributed by atoms with Crippen molar-refractivity contribution in [1.29, 1.82) is 0 Å². The van der Waals surface area contributed by atoms with Crippen LogP contribution in [-0.2, 0) is 16.1 Å². The molecule has 1 amide bonds. The minimum absolute atomic E-state index is 0.0559. The van der Waals surface area contributed by atoms with Crippen LogP contribution in [0, 0.1) is 11.2 Å². The Morgan fingerprint density at radius 1 is 0.925 bits per heavy atom. The number of nitrogens with zero attached hydrogens (tertiary/aromatic N) is 3. The standard InChI is InChI=1S/C30H30FN3O4.C2H6/c1-30(2,3)16-26(35)34(27-24-11-10-22(29(36)38-5)14-21(24)12-13-32-27)18-19-6-8-20(9-7-19)23-15-25(31)28(37-4)33-17-23;1-2/h6-15,17H,16,18H2,1-5H3;1-2H3. The summed E-state index contributed by atoms with van der Waals surface area (Å²) in [7, 11) is 2.71. The average Bonchev–Trinajstić information content (AvgIpc) is 2.95. The van der Waals surface area contributed by atoms with Crippen LogP contribution < -0.4 is 9.64 Å². The van der Waals surface area contributed by atoms with Crippen LogP contribution in [0.4, 0.5) is 10.2 Å². The summed E-state index contributed by atoms with van der Waals surface area (Å²) in [4.78, 5) is 35.8. The van der Waals surface area contributed by atoms with Crippen molar-refractivity contribution in [2.24, 2.45) is 5.41 Å². The van der Waals surface area contributed by atoms with Gasteiger partial charge in [0.25, 0.3) is 0 Å². The second kappa shape index (κ2) is 13.2. The van der Waals surface area contributed by atoms with Crippen LogP contribution in [0.2, 0.25) is 0 Å².